The Morgan fingerprint density at radius 2 is 1.96 bits per heavy atom. The first kappa shape index (κ1) is 16.3. The van der Waals surface area contributed by atoms with Crippen LogP contribution in [-0.2, 0) is 11.3 Å². The van der Waals surface area contributed by atoms with Crippen molar-refractivity contribution in [2.75, 3.05) is 6.61 Å². The summed E-state index contributed by atoms with van der Waals surface area (Å²) in [6, 6.07) is 15.0. The van der Waals surface area contributed by atoms with Gasteiger partial charge in [0.25, 0.3) is 0 Å². The largest absolute Gasteiger partial charge is 0.487 e. The lowest BCUT2D eigenvalue weighted by Gasteiger charge is -2.13. The van der Waals surface area contributed by atoms with Crippen molar-refractivity contribution >= 4 is 28.5 Å². The molecule has 0 unspecified atom stereocenters. The van der Waals surface area contributed by atoms with Gasteiger partial charge in [-0.15, -0.1) is 0 Å². The molecule has 0 aliphatic heterocycles. The predicted molar refractivity (Wildman–Crippen MR) is 93.5 cm³/mol. The van der Waals surface area contributed by atoms with Crippen LogP contribution in [0.15, 0.2) is 54.7 Å². The van der Waals surface area contributed by atoms with E-state index in [1.807, 2.05) is 30.3 Å². The van der Waals surface area contributed by atoms with E-state index < -0.39 is 5.97 Å². The zero-order valence-electron chi connectivity index (χ0n) is 13.2. The van der Waals surface area contributed by atoms with E-state index in [0.717, 1.165) is 10.9 Å². The molecule has 4 nitrogen and oxygen atoms in total. The summed E-state index contributed by atoms with van der Waals surface area (Å²) in [5, 5.41) is 1.30. The highest BCUT2D eigenvalue weighted by atomic mass is 35.5. The highest BCUT2D eigenvalue weighted by Gasteiger charge is 2.18. The maximum atomic E-state index is 12.2. The van der Waals surface area contributed by atoms with E-state index in [1.54, 1.807) is 25.1 Å². The van der Waals surface area contributed by atoms with Crippen molar-refractivity contribution < 1.29 is 14.3 Å². The molecule has 5 heteroatoms. The molecule has 0 bridgehead atoms. The van der Waals surface area contributed by atoms with E-state index in [0.29, 0.717) is 28.5 Å². The second-order valence-electron chi connectivity index (χ2n) is 5.16. The minimum Gasteiger partial charge on any atom is -0.487 e. The van der Waals surface area contributed by atoms with E-state index >= 15 is 0 Å². The number of aromatic nitrogens is 1. The standard InChI is InChI=1S/C19H16ClNO3/c1-2-23-19(22)16-11-21-17-10-14(20)8-9-15(17)18(16)24-12-13-6-4-3-5-7-13/h3-11H,2,12H2,1H3. The van der Waals surface area contributed by atoms with E-state index in [9.17, 15) is 4.79 Å². The number of rotatable bonds is 5. The molecule has 24 heavy (non-hydrogen) atoms. The smallest absolute Gasteiger partial charge is 0.343 e. The van der Waals surface area contributed by atoms with Crippen LogP contribution in [0.2, 0.25) is 5.02 Å². The summed E-state index contributed by atoms with van der Waals surface area (Å²) in [5.74, 6) is 0.00359. The summed E-state index contributed by atoms with van der Waals surface area (Å²) in [4.78, 5) is 16.5. The lowest BCUT2D eigenvalue weighted by molar-refractivity contribution is 0.0521. The quantitative estimate of drug-likeness (QED) is 0.634. The van der Waals surface area contributed by atoms with Gasteiger partial charge in [-0.1, -0.05) is 41.9 Å². The van der Waals surface area contributed by atoms with E-state index in [2.05, 4.69) is 4.98 Å². The molecule has 122 valence electrons. The summed E-state index contributed by atoms with van der Waals surface area (Å²) in [6.45, 7) is 2.39. The summed E-state index contributed by atoms with van der Waals surface area (Å²) in [5.41, 5.74) is 1.98. The monoisotopic (exact) mass is 341 g/mol. The second kappa shape index (κ2) is 7.32. The van der Waals surface area contributed by atoms with Crippen LogP contribution in [0.3, 0.4) is 0 Å². The number of carbonyl (C=O) groups excluding carboxylic acids is 1. The molecule has 0 saturated heterocycles. The number of hydrogen-bond donors (Lipinski definition) is 0. The topological polar surface area (TPSA) is 48.4 Å². The second-order valence-corrected chi connectivity index (χ2v) is 5.59. The van der Waals surface area contributed by atoms with Gasteiger partial charge in [-0.2, -0.15) is 0 Å². The predicted octanol–water partition coefficient (Wildman–Crippen LogP) is 4.64. The molecule has 3 aromatic rings. The van der Waals surface area contributed by atoms with Crippen LogP contribution in [-0.4, -0.2) is 17.6 Å². The molecular formula is C19H16ClNO3. The number of hydrogen-bond acceptors (Lipinski definition) is 4. The van der Waals surface area contributed by atoms with Crippen molar-refractivity contribution in [2.24, 2.45) is 0 Å². The van der Waals surface area contributed by atoms with E-state index in [4.69, 9.17) is 21.1 Å². The summed E-state index contributed by atoms with van der Waals surface area (Å²) < 4.78 is 11.1. The van der Waals surface area contributed by atoms with Crippen molar-refractivity contribution in [1.82, 2.24) is 4.98 Å². The molecule has 0 spiro atoms. The first-order valence-electron chi connectivity index (χ1n) is 7.61. The van der Waals surface area contributed by atoms with Crippen LogP contribution in [0, 0.1) is 0 Å². The Labute approximate surface area is 145 Å². The van der Waals surface area contributed by atoms with Crippen LogP contribution < -0.4 is 4.74 Å². The van der Waals surface area contributed by atoms with Crippen LogP contribution in [0.4, 0.5) is 0 Å². The van der Waals surface area contributed by atoms with E-state index in [-0.39, 0.29) is 6.61 Å². The Balaban J connectivity index is 2.03. The minimum absolute atomic E-state index is 0.287. The van der Waals surface area contributed by atoms with Gasteiger partial charge >= 0.3 is 5.97 Å². The molecule has 0 saturated carbocycles. The molecule has 1 heterocycles. The lowest BCUT2D eigenvalue weighted by Crippen LogP contribution is -2.09. The van der Waals surface area contributed by atoms with Crippen molar-refractivity contribution in [1.29, 1.82) is 0 Å². The average Bonchev–Trinajstić information content (AvgIpc) is 2.60. The number of esters is 1. The first-order chi connectivity index (χ1) is 11.7. The van der Waals surface area contributed by atoms with Crippen molar-refractivity contribution in [3.05, 3.63) is 70.9 Å². The molecule has 0 amide bonds. The van der Waals surface area contributed by atoms with E-state index in [1.165, 1.54) is 6.20 Å². The van der Waals surface area contributed by atoms with Crippen LogP contribution in [0.5, 0.6) is 5.75 Å². The Kier molecular flexibility index (Phi) is 4.96. The third kappa shape index (κ3) is 3.49. The molecule has 1 aromatic heterocycles. The Morgan fingerprint density at radius 3 is 2.71 bits per heavy atom. The number of carbonyl (C=O) groups is 1. The van der Waals surface area contributed by atoms with Gasteiger partial charge in [0.05, 0.1) is 12.1 Å². The van der Waals surface area contributed by atoms with Crippen LogP contribution in [0.1, 0.15) is 22.8 Å². The van der Waals surface area contributed by atoms with Gasteiger partial charge in [0.15, 0.2) is 0 Å². The van der Waals surface area contributed by atoms with Gasteiger partial charge in [-0.25, -0.2) is 4.79 Å². The van der Waals surface area contributed by atoms with Gasteiger partial charge in [0.2, 0.25) is 0 Å². The molecule has 0 radical (unpaired) electrons. The average molecular weight is 342 g/mol. The number of benzene rings is 2. The van der Waals surface area contributed by atoms with Crippen molar-refractivity contribution in [3.63, 3.8) is 0 Å². The summed E-state index contributed by atoms with van der Waals surface area (Å²) >= 11 is 6.02. The van der Waals surface area contributed by atoms with Gasteiger partial charge in [0.1, 0.15) is 17.9 Å². The number of halogens is 1. The molecular weight excluding hydrogens is 326 g/mol. The van der Waals surface area contributed by atoms with Gasteiger partial charge in [-0.05, 0) is 30.7 Å². The molecule has 0 aliphatic carbocycles. The van der Waals surface area contributed by atoms with Crippen molar-refractivity contribution in [2.45, 2.75) is 13.5 Å². The highest BCUT2D eigenvalue weighted by Crippen LogP contribution is 2.31. The lowest BCUT2D eigenvalue weighted by atomic mass is 10.1. The molecule has 0 aliphatic rings. The Hall–Kier alpha value is -2.59. The zero-order valence-corrected chi connectivity index (χ0v) is 13.9. The van der Waals surface area contributed by atoms with Crippen LogP contribution in [0.25, 0.3) is 10.9 Å². The Bertz CT molecular complexity index is 865. The molecule has 0 fully saturated rings. The number of nitrogens with zero attached hydrogens (tertiary/aromatic N) is 1. The summed E-state index contributed by atoms with van der Waals surface area (Å²) in [7, 11) is 0. The van der Waals surface area contributed by atoms with Gasteiger partial charge < -0.3 is 9.47 Å². The van der Waals surface area contributed by atoms with Crippen LogP contribution >= 0.6 is 11.6 Å². The zero-order chi connectivity index (χ0) is 16.9. The van der Waals surface area contributed by atoms with Crippen molar-refractivity contribution in [3.8, 4) is 5.75 Å². The SMILES string of the molecule is CCOC(=O)c1cnc2cc(Cl)ccc2c1OCc1ccccc1. The fourth-order valence-electron chi connectivity index (χ4n) is 2.38. The number of pyridine rings is 1. The highest BCUT2D eigenvalue weighted by molar-refractivity contribution is 6.31. The number of fused-ring (bicyclic) bond motifs is 1. The molecule has 2 aromatic carbocycles. The number of ether oxygens (including phenoxy) is 2. The minimum atomic E-state index is -0.454. The van der Waals surface area contributed by atoms with Gasteiger partial charge in [0, 0.05) is 16.6 Å². The summed E-state index contributed by atoms with van der Waals surface area (Å²) in [6.07, 6.45) is 1.47. The molecule has 3 rings (SSSR count). The maximum Gasteiger partial charge on any atom is 0.343 e. The first-order valence-corrected chi connectivity index (χ1v) is 7.99. The molecule has 0 N–H and O–H groups in total. The fraction of sp³-hybridized carbons (Fsp3) is 0.158. The molecule has 0 atom stereocenters. The third-order valence-corrected chi connectivity index (χ3v) is 3.74. The third-order valence-electron chi connectivity index (χ3n) is 3.50. The van der Waals surface area contributed by atoms with Gasteiger partial charge in [-0.3, -0.25) is 4.98 Å². The maximum absolute atomic E-state index is 12.2. The Morgan fingerprint density at radius 1 is 1.17 bits per heavy atom. The normalized spacial score (nSPS) is 10.6. The fourth-order valence-corrected chi connectivity index (χ4v) is 2.55.